The molecule has 1 aromatic heterocycles. The Morgan fingerprint density at radius 3 is 2.76 bits per heavy atom. The van der Waals surface area contributed by atoms with Crippen LogP contribution in [0.25, 0.3) is 11.5 Å². The summed E-state index contributed by atoms with van der Waals surface area (Å²) in [5.74, 6) is 0.996. The summed E-state index contributed by atoms with van der Waals surface area (Å²) in [6.45, 7) is 3.80. The molecule has 0 saturated carbocycles. The van der Waals surface area contributed by atoms with E-state index in [9.17, 15) is 10.1 Å². The lowest BCUT2D eigenvalue weighted by Crippen LogP contribution is -2.24. The molecule has 0 saturated heterocycles. The molecule has 7 nitrogen and oxygen atoms in total. The molecule has 1 unspecified atom stereocenters. The van der Waals surface area contributed by atoms with Gasteiger partial charge in [-0.2, -0.15) is 4.98 Å². The summed E-state index contributed by atoms with van der Waals surface area (Å²) >= 11 is 0. The van der Waals surface area contributed by atoms with Crippen LogP contribution in [-0.4, -0.2) is 28.2 Å². The van der Waals surface area contributed by atoms with Gasteiger partial charge in [0.2, 0.25) is 0 Å². The summed E-state index contributed by atoms with van der Waals surface area (Å²) in [5.41, 5.74) is 1.50. The number of likely N-dealkylation sites (N-methyl/N-ethyl adjacent to an activating group) is 1. The molecule has 114 valence electrons. The van der Waals surface area contributed by atoms with E-state index in [2.05, 4.69) is 15.5 Å². The Morgan fingerprint density at radius 2 is 2.19 bits per heavy atom. The molecule has 1 N–H and O–H groups in total. The van der Waals surface area contributed by atoms with Crippen LogP contribution in [0.4, 0.5) is 5.69 Å². The van der Waals surface area contributed by atoms with Crippen molar-refractivity contribution in [1.82, 2.24) is 15.5 Å². The number of halogens is 1. The SMILES string of the molecule is CNC(C)Cc1noc(-c2ccc([N+](=O)[O-])cc2C)n1.Cl. The third kappa shape index (κ3) is 3.99. The molecule has 1 heterocycles. The van der Waals surface area contributed by atoms with Crippen molar-refractivity contribution in [2.24, 2.45) is 0 Å². The van der Waals surface area contributed by atoms with Crippen LogP contribution in [0.1, 0.15) is 18.3 Å². The molecule has 8 heteroatoms. The van der Waals surface area contributed by atoms with Crippen molar-refractivity contribution in [1.29, 1.82) is 0 Å². The maximum Gasteiger partial charge on any atom is 0.269 e. The zero-order chi connectivity index (χ0) is 14.7. The number of nitrogens with one attached hydrogen (secondary N) is 1. The standard InChI is InChI=1S/C13H16N4O3.ClH/c1-8-6-10(17(18)19)4-5-11(8)13-15-12(16-20-13)7-9(2)14-3;/h4-6,9,14H,7H2,1-3H3;1H. The first kappa shape index (κ1) is 17.1. The number of hydrogen-bond acceptors (Lipinski definition) is 6. The minimum atomic E-state index is -0.426. The van der Waals surface area contributed by atoms with Crippen molar-refractivity contribution in [3.05, 3.63) is 39.7 Å². The number of rotatable bonds is 5. The quantitative estimate of drug-likeness (QED) is 0.673. The zero-order valence-corrected chi connectivity index (χ0v) is 12.8. The molecular formula is C13H17ClN4O3. The topological polar surface area (TPSA) is 94.1 Å². The highest BCUT2D eigenvalue weighted by Crippen LogP contribution is 2.25. The van der Waals surface area contributed by atoms with Gasteiger partial charge in [0.25, 0.3) is 11.6 Å². The van der Waals surface area contributed by atoms with Gasteiger partial charge in [-0.1, -0.05) is 5.16 Å². The fraction of sp³-hybridized carbons (Fsp3) is 0.385. The Hall–Kier alpha value is -1.99. The second kappa shape index (κ2) is 7.14. The molecule has 0 aliphatic heterocycles. The van der Waals surface area contributed by atoms with Gasteiger partial charge < -0.3 is 9.84 Å². The Labute approximate surface area is 128 Å². The Balaban J connectivity index is 0.00000220. The third-order valence-corrected chi connectivity index (χ3v) is 3.10. The molecule has 0 fully saturated rings. The van der Waals surface area contributed by atoms with Crippen molar-refractivity contribution < 1.29 is 9.45 Å². The molecule has 21 heavy (non-hydrogen) atoms. The summed E-state index contributed by atoms with van der Waals surface area (Å²) in [4.78, 5) is 14.6. The van der Waals surface area contributed by atoms with E-state index in [1.807, 2.05) is 14.0 Å². The van der Waals surface area contributed by atoms with E-state index < -0.39 is 4.92 Å². The highest BCUT2D eigenvalue weighted by molar-refractivity contribution is 5.85. The van der Waals surface area contributed by atoms with E-state index in [1.165, 1.54) is 12.1 Å². The van der Waals surface area contributed by atoms with Crippen LogP contribution in [0.5, 0.6) is 0 Å². The molecule has 2 rings (SSSR count). The lowest BCUT2D eigenvalue weighted by Gasteiger charge is -2.04. The van der Waals surface area contributed by atoms with Crippen molar-refractivity contribution in [3.63, 3.8) is 0 Å². The average Bonchev–Trinajstić information content (AvgIpc) is 2.86. The number of benzene rings is 1. The van der Waals surface area contributed by atoms with Crippen LogP contribution >= 0.6 is 12.4 Å². The van der Waals surface area contributed by atoms with E-state index in [-0.39, 0.29) is 24.1 Å². The van der Waals surface area contributed by atoms with Gasteiger partial charge in [-0.3, -0.25) is 10.1 Å². The van der Waals surface area contributed by atoms with Gasteiger partial charge in [-0.05, 0) is 32.5 Å². The van der Waals surface area contributed by atoms with Crippen LogP contribution in [0.2, 0.25) is 0 Å². The number of aryl methyl sites for hydroxylation is 1. The van der Waals surface area contributed by atoms with Crippen LogP contribution < -0.4 is 5.32 Å². The Morgan fingerprint density at radius 1 is 1.48 bits per heavy atom. The zero-order valence-electron chi connectivity index (χ0n) is 12.0. The molecule has 0 radical (unpaired) electrons. The second-order valence-electron chi connectivity index (χ2n) is 4.67. The Bertz CT molecular complexity index is 630. The van der Waals surface area contributed by atoms with Gasteiger partial charge in [0.1, 0.15) is 0 Å². The fourth-order valence-electron chi connectivity index (χ4n) is 1.82. The first-order valence-corrected chi connectivity index (χ1v) is 6.26. The van der Waals surface area contributed by atoms with Crippen LogP contribution in [0.15, 0.2) is 22.7 Å². The largest absolute Gasteiger partial charge is 0.334 e. The van der Waals surface area contributed by atoms with Gasteiger partial charge >= 0.3 is 0 Å². The smallest absolute Gasteiger partial charge is 0.269 e. The minimum Gasteiger partial charge on any atom is -0.334 e. The van der Waals surface area contributed by atoms with Crippen LogP contribution in [-0.2, 0) is 6.42 Å². The van der Waals surface area contributed by atoms with Crippen LogP contribution in [0, 0.1) is 17.0 Å². The van der Waals surface area contributed by atoms with Crippen molar-refractivity contribution >= 4 is 18.1 Å². The number of nitro groups is 1. The molecule has 1 atom stereocenters. The van der Waals surface area contributed by atoms with E-state index in [1.54, 1.807) is 13.0 Å². The van der Waals surface area contributed by atoms with Crippen molar-refractivity contribution in [3.8, 4) is 11.5 Å². The molecule has 2 aromatic rings. The monoisotopic (exact) mass is 312 g/mol. The van der Waals surface area contributed by atoms with E-state index in [0.717, 1.165) is 5.56 Å². The van der Waals surface area contributed by atoms with Crippen molar-refractivity contribution in [2.45, 2.75) is 26.3 Å². The molecule has 0 amide bonds. The summed E-state index contributed by atoms with van der Waals surface area (Å²) in [6.07, 6.45) is 0.659. The predicted molar refractivity (Wildman–Crippen MR) is 80.6 cm³/mol. The number of hydrogen-bond donors (Lipinski definition) is 1. The highest BCUT2D eigenvalue weighted by Gasteiger charge is 2.15. The predicted octanol–water partition coefficient (Wildman–Crippen LogP) is 2.53. The molecular weight excluding hydrogens is 296 g/mol. The van der Waals surface area contributed by atoms with Crippen molar-refractivity contribution in [2.75, 3.05) is 7.05 Å². The number of nitro benzene ring substituents is 1. The maximum atomic E-state index is 10.7. The fourth-order valence-corrected chi connectivity index (χ4v) is 1.82. The van der Waals surface area contributed by atoms with Gasteiger partial charge in [-0.15, -0.1) is 12.4 Å². The average molecular weight is 313 g/mol. The summed E-state index contributed by atoms with van der Waals surface area (Å²) in [5, 5.41) is 17.7. The summed E-state index contributed by atoms with van der Waals surface area (Å²) in [7, 11) is 1.87. The number of aromatic nitrogens is 2. The molecule has 0 bridgehead atoms. The molecule has 0 aliphatic rings. The van der Waals surface area contributed by atoms with Gasteiger partial charge in [0.15, 0.2) is 5.82 Å². The van der Waals surface area contributed by atoms with Gasteiger partial charge in [0.05, 0.1) is 4.92 Å². The lowest BCUT2D eigenvalue weighted by atomic mass is 10.1. The molecule has 1 aromatic carbocycles. The highest BCUT2D eigenvalue weighted by atomic mass is 35.5. The second-order valence-corrected chi connectivity index (χ2v) is 4.67. The minimum absolute atomic E-state index is 0. The normalized spacial score (nSPS) is 11.8. The molecule has 0 aliphatic carbocycles. The number of non-ortho nitro benzene ring substituents is 1. The maximum absolute atomic E-state index is 10.7. The van der Waals surface area contributed by atoms with Gasteiger partial charge in [-0.25, -0.2) is 0 Å². The van der Waals surface area contributed by atoms with Crippen LogP contribution in [0.3, 0.4) is 0 Å². The van der Waals surface area contributed by atoms with Gasteiger partial charge in [0, 0.05) is 30.2 Å². The first-order valence-electron chi connectivity index (χ1n) is 6.26. The van der Waals surface area contributed by atoms with E-state index in [4.69, 9.17) is 4.52 Å². The third-order valence-electron chi connectivity index (χ3n) is 3.10. The number of nitrogens with zero attached hydrogens (tertiary/aromatic N) is 3. The van der Waals surface area contributed by atoms with E-state index >= 15 is 0 Å². The lowest BCUT2D eigenvalue weighted by molar-refractivity contribution is -0.384. The first-order chi connectivity index (χ1) is 9.51. The summed E-state index contributed by atoms with van der Waals surface area (Å²) in [6, 6.07) is 4.81. The Kier molecular flexibility index (Phi) is 5.80. The van der Waals surface area contributed by atoms with E-state index in [0.29, 0.717) is 23.7 Å². The molecule has 0 spiro atoms. The summed E-state index contributed by atoms with van der Waals surface area (Å²) < 4.78 is 5.22.